The van der Waals surface area contributed by atoms with Crippen molar-refractivity contribution in [1.29, 1.82) is 0 Å². The fourth-order valence-corrected chi connectivity index (χ4v) is 2.53. The van der Waals surface area contributed by atoms with Gasteiger partial charge < -0.3 is 15.2 Å². The van der Waals surface area contributed by atoms with Gasteiger partial charge in [-0.05, 0) is 23.8 Å². The Morgan fingerprint density at radius 1 is 1.25 bits per heavy atom. The highest BCUT2D eigenvalue weighted by Gasteiger charge is 2.12. The first kappa shape index (κ1) is 16.0. The molecule has 0 aliphatic heterocycles. The van der Waals surface area contributed by atoms with Gasteiger partial charge in [-0.15, -0.1) is 0 Å². The average Bonchev–Trinajstić information content (AvgIpc) is 3.03. The van der Waals surface area contributed by atoms with Gasteiger partial charge in [0.25, 0.3) is 0 Å². The van der Waals surface area contributed by atoms with Crippen LogP contribution in [0.4, 0.5) is 0 Å². The zero-order valence-electron chi connectivity index (χ0n) is 13.3. The summed E-state index contributed by atoms with van der Waals surface area (Å²) >= 11 is 0. The second-order valence-electron chi connectivity index (χ2n) is 5.49. The van der Waals surface area contributed by atoms with Crippen LogP contribution in [0.1, 0.15) is 17.4 Å². The quantitative estimate of drug-likeness (QED) is 0.646. The highest BCUT2D eigenvalue weighted by molar-refractivity contribution is 5.87. The molecule has 3 rings (SSSR count). The van der Waals surface area contributed by atoms with Crippen molar-refractivity contribution >= 4 is 16.8 Å². The van der Waals surface area contributed by atoms with Crippen LogP contribution in [0, 0.1) is 0 Å². The number of methoxy groups -OCH3 is 1. The molecule has 0 aliphatic carbocycles. The van der Waals surface area contributed by atoms with Crippen LogP contribution >= 0.6 is 0 Å². The number of carbonyl (C=O) groups is 1. The number of nitrogens with zero attached hydrogens (tertiary/aromatic N) is 1. The Morgan fingerprint density at radius 3 is 2.75 bits per heavy atom. The van der Waals surface area contributed by atoms with Gasteiger partial charge >= 0.3 is 0 Å². The lowest BCUT2D eigenvalue weighted by atomic mass is 10.1. The van der Waals surface area contributed by atoms with Crippen LogP contribution in [0.15, 0.2) is 48.5 Å². The third kappa shape index (κ3) is 3.55. The van der Waals surface area contributed by atoms with Gasteiger partial charge in [-0.25, -0.2) is 0 Å². The number of benzene rings is 2. The fourth-order valence-electron chi connectivity index (χ4n) is 2.53. The normalized spacial score (nSPS) is 12.1. The van der Waals surface area contributed by atoms with Gasteiger partial charge in [0.05, 0.1) is 30.8 Å². The molecule has 1 aromatic heterocycles. The van der Waals surface area contributed by atoms with Gasteiger partial charge in [-0.3, -0.25) is 9.89 Å². The molecule has 0 aliphatic rings. The van der Waals surface area contributed by atoms with E-state index in [4.69, 9.17) is 4.74 Å². The molecule has 0 spiro atoms. The summed E-state index contributed by atoms with van der Waals surface area (Å²) in [5, 5.41) is 20.9. The van der Waals surface area contributed by atoms with Crippen molar-refractivity contribution in [3.05, 3.63) is 59.8 Å². The number of rotatable bonds is 6. The van der Waals surface area contributed by atoms with Gasteiger partial charge in [0.2, 0.25) is 5.91 Å². The first-order valence-electron chi connectivity index (χ1n) is 7.68. The third-order valence-electron chi connectivity index (χ3n) is 3.87. The zero-order valence-corrected chi connectivity index (χ0v) is 13.3. The molecule has 3 aromatic rings. The summed E-state index contributed by atoms with van der Waals surface area (Å²) in [6, 6.07) is 14.7. The van der Waals surface area contributed by atoms with E-state index >= 15 is 0 Å². The summed E-state index contributed by atoms with van der Waals surface area (Å²) in [6.45, 7) is 0.150. The van der Waals surface area contributed by atoms with E-state index in [2.05, 4.69) is 15.5 Å². The third-order valence-corrected chi connectivity index (χ3v) is 3.87. The lowest BCUT2D eigenvalue weighted by Gasteiger charge is -2.12. The van der Waals surface area contributed by atoms with Crippen molar-refractivity contribution in [1.82, 2.24) is 15.5 Å². The van der Waals surface area contributed by atoms with Gasteiger partial charge in [-0.2, -0.15) is 5.10 Å². The van der Waals surface area contributed by atoms with Crippen LogP contribution in [0.2, 0.25) is 0 Å². The molecule has 124 valence electrons. The first-order valence-corrected chi connectivity index (χ1v) is 7.68. The van der Waals surface area contributed by atoms with Gasteiger partial charge in [0, 0.05) is 11.9 Å². The Kier molecular flexibility index (Phi) is 4.77. The Bertz CT molecular complexity index is 827. The van der Waals surface area contributed by atoms with Crippen LogP contribution in [0.5, 0.6) is 5.75 Å². The zero-order chi connectivity index (χ0) is 16.9. The largest absolute Gasteiger partial charge is 0.497 e. The number of aromatic nitrogens is 2. The summed E-state index contributed by atoms with van der Waals surface area (Å²) in [5.74, 6) is 0.554. The minimum Gasteiger partial charge on any atom is -0.497 e. The maximum absolute atomic E-state index is 12.1. The van der Waals surface area contributed by atoms with Crippen molar-refractivity contribution in [3.8, 4) is 5.75 Å². The number of aliphatic hydroxyl groups is 1. The van der Waals surface area contributed by atoms with E-state index in [1.54, 1.807) is 31.4 Å². The van der Waals surface area contributed by atoms with Crippen LogP contribution in [0.3, 0.4) is 0 Å². The molecule has 0 fully saturated rings. The highest BCUT2D eigenvalue weighted by Crippen LogP contribution is 2.18. The van der Waals surface area contributed by atoms with Gasteiger partial charge in [0.15, 0.2) is 0 Å². The lowest BCUT2D eigenvalue weighted by molar-refractivity contribution is -0.120. The molecular weight excluding hydrogens is 306 g/mol. The molecule has 6 nitrogen and oxygen atoms in total. The molecule has 0 radical (unpaired) electrons. The van der Waals surface area contributed by atoms with Gasteiger partial charge in [-0.1, -0.05) is 30.3 Å². The van der Waals surface area contributed by atoms with E-state index in [-0.39, 0.29) is 18.9 Å². The van der Waals surface area contributed by atoms with E-state index in [1.165, 1.54) is 0 Å². The predicted octanol–water partition coefficient (Wildman–Crippen LogP) is 1.96. The Labute approximate surface area is 139 Å². The monoisotopic (exact) mass is 325 g/mol. The summed E-state index contributed by atoms with van der Waals surface area (Å²) in [4.78, 5) is 12.1. The van der Waals surface area contributed by atoms with Crippen LogP contribution in [0.25, 0.3) is 10.9 Å². The number of nitrogens with one attached hydrogen (secondary N) is 2. The molecule has 1 atom stereocenters. The molecule has 2 aromatic carbocycles. The topological polar surface area (TPSA) is 87.2 Å². The first-order chi connectivity index (χ1) is 11.7. The van der Waals surface area contributed by atoms with E-state index in [0.29, 0.717) is 0 Å². The fraction of sp³-hybridized carbons (Fsp3) is 0.222. The Balaban J connectivity index is 1.56. The van der Waals surface area contributed by atoms with Crippen molar-refractivity contribution < 1.29 is 14.6 Å². The molecule has 24 heavy (non-hydrogen) atoms. The number of hydrogen-bond acceptors (Lipinski definition) is 4. The summed E-state index contributed by atoms with van der Waals surface area (Å²) in [6.07, 6.45) is -0.575. The van der Waals surface area contributed by atoms with Crippen LogP contribution in [-0.4, -0.2) is 34.9 Å². The number of hydrogen-bond donors (Lipinski definition) is 3. The second-order valence-corrected chi connectivity index (χ2v) is 5.49. The van der Waals surface area contributed by atoms with Crippen molar-refractivity contribution in [2.24, 2.45) is 0 Å². The van der Waals surface area contributed by atoms with E-state index in [1.807, 2.05) is 24.3 Å². The summed E-state index contributed by atoms with van der Waals surface area (Å²) < 4.78 is 5.08. The number of aromatic amines is 1. The standard InChI is InChI=1S/C18H19N3O3/c1-24-13-8-6-12(7-9-13)17(22)11-19-18(23)10-16-14-4-2-3-5-15(14)20-21-16/h2-9,17,22H,10-11H2,1H3,(H,19,23)(H,20,21)/t17-/m0/s1. The Morgan fingerprint density at radius 2 is 2.00 bits per heavy atom. The van der Waals surface area contributed by atoms with E-state index in [9.17, 15) is 9.90 Å². The molecule has 1 heterocycles. The molecular formula is C18H19N3O3. The van der Waals surface area contributed by atoms with Crippen molar-refractivity contribution in [2.75, 3.05) is 13.7 Å². The molecule has 0 saturated heterocycles. The summed E-state index contributed by atoms with van der Waals surface area (Å²) in [7, 11) is 1.59. The van der Waals surface area contributed by atoms with Crippen molar-refractivity contribution in [2.45, 2.75) is 12.5 Å². The SMILES string of the molecule is COc1ccc([C@@H](O)CNC(=O)Cc2[nH]nc3ccccc23)cc1. The highest BCUT2D eigenvalue weighted by atomic mass is 16.5. The van der Waals surface area contributed by atoms with Crippen LogP contribution < -0.4 is 10.1 Å². The maximum atomic E-state index is 12.1. The van der Waals surface area contributed by atoms with E-state index < -0.39 is 6.10 Å². The average molecular weight is 325 g/mol. The number of H-pyrrole nitrogens is 1. The smallest absolute Gasteiger partial charge is 0.226 e. The van der Waals surface area contributed by atoms with E-state index in [0.717, 1.165) is 27.9 Å². The van der Waals surface area contributed by atoms with Crippen molar-refractivity contribution in [3.63, 3.8) is 0 Å². The minimum atomic E-state index is -0.765. The number of carbonyl (C=O) groups excluding carboxylic acids is 1. The molecule has 0 bridgehead atoms. The molecule has 6 heteroatoms. The number of aliphatic hydroxyl groups excluding tert-OH is 1. The summed E-state index contributed by atoms with van der Waals surface area (Å²) in [5.41, 5.74) is 2.32. The number of para-hydroxylation sites is 1. The maximum Gasteiger partial charge on any atom is 0.226 e. The van der Waals surface area contributed by atoms with Crippen LogP contribution in [-0.2, 0) is 11.2 Å². The molecule has 0 unspecified atom stereocenters. The lowest BCUT2D eigenvalue weighted by Crippen LogP contribution is -2.29. The Hall–Kier alpha value is -2.86. The number of amides is 1. The number of fused-ring (bicyclic) bond motifs is 1. The molecule has 0 saturated carbocycles. The predicted molar refractivity (Wildman–Crippen MR) is 90.8 cm³/mol. The molecule has 1 amide bonds. The minimum absolute atomic E-state index is 0.150. The molecule has 3 N–H and O–H groups in total. The second kappa shape index (κ2) is 7.14. The number of ether oxygens (including phenoxy) is 1. The van der Waals surface area contributed by atoms with Gasteiger partial charge in [0.1, 0.15) is 5.75 Å².